The summed E-state index contributed by atoms with van der Waals surface area (Å²) in [5.74, 6) is -0.00476. The molecule has 130 valence electrons. The van der Waals surface area contributed by atoms with Gasteiger partial charge in [0.15, 0.2) is 0 Å². The minimum Gasteiger partial charge on any atom is -0.348 e. The number of benzene rings is 1. The first-order chi connectivity index (χ1) is 11.3. The van der Waals surface area contributed by atoms with Gasteiger partial charge in [0.2, 0.25) is 0 Å². The van der Waals surface area contributed by atoms with Crippen molar-refractivity contribution in [3.8, 4) is 0 Å². The molecular weight excluding hydrogens is 324 g/mol. The van der Waals surface area contributed by atoms with E-state index < -0.39 is 0 Å². The maximum absolute atomic E-state index is 12.6. The van der Waals surface area contributed by atoms with Crippen molar-refractivity contribution in [3.05, 3.63) is 53.3 Å². The molecule has 1 aromatic heterocycles. The summed E-state index contributed by atoms with van der Waals surface area (Å²) >= 11 is 0. The van der Waals surface area contributed by atoms with E-state index in [1.807, 2.05) is 22.9 Å². The second kappa shape index (κ2) is 8.85. The first kappa shape index (κ1) is 18.5. The number of piperidine rings is 1. The smallest absolute Gasteiger partial charge is 0.255 e. The fraction of sp³-hybridized carbons (Fsp3) is 0.444. The molecule has 24 heavy (non-hydrogen) atoms. The SMILES string of the molecule is CCc1c(C(=O)N[C@H]2CCCNC2)cnn1Cc1ccccc1.Cl. The molecule has 1 aliphatic heterocycles. The summed E-state index contributed by atoms with van der Waals surface area (Å²) < 4.78 is 1.93. The quantitative estimate of drug-likeness (QED) is 0.872. The molecule has 1 amide bonds. The summed E-state index contributed by atoms with van der Waals surface area (Å²) in [5, 5.41) is 10.9. The highest BCUT2D eigenvalue weighted by molar-refractivity contribution is 5.95. The molecule has 1 fully saturated rings. The Kier molecular flexibility index (Phi) is 6.82. The Bertz CT molecular complexity index is 650. The number of hydrogen-bond donors (Lipinski definition) is 2. The Balaban J connectivity index is 0.00000208. The van der Waals surface area contributed by atoms with Crippen LogP contribution in [0.25, 0.3) is 0 Å². The molecule has 2 N–H and O–H groups in total. The van der Waals surface area contributed by atoms with Gasteiger partial charge in [-0.2, -0.15) is 5.10 Å². The van der Waals surface area contributed by atoms with E-state index in [0.717, 1.165) is 38.0 Å². The molecule has 0 radical (unpaired) electrons. The number of carbonyl (C=O) groups is 1. The minimum absolute atomic E-state index is 0. The largest absolute Gasteiger partial charge is 0.348 e. The highest BCUT2D eigenvalue weighted by atomic mass is 35.5. The third-order valence-corrected chi connectivity index (χ3v) is 4.34. The van der Waals surface area contributed by atoms with Crippen LogP contribution in [0.2, 0.25) is 0 Å². The molecule has 0 saturated carbocycles. The number of nitrogens with zero attached hydrogens (tertiary/aromatic N) is 2. The van der Waals surface area contributed by atoms with Crippen LogP contribution in [0, 0.1) is 0 Å². The first-order valence-corrected chi connectivity index (χ1v) is 8.38. The van der Waals surface area contributed by atoms with Crippen molar-refractivity contribution in [2.45, 2.75) is 38.8 Å². The number of rotatable bonds is 5. The van der Waals surface area contributed by atoms with Gasteiger partial charge in [-0.3, -0.25) is 9.48 Å². The molecule has 1 aliphatic rings. The molecule has 1 aromatic carbocycles. The normalized spacial score (nSPS) is 17.1. The molecule has 1 saturated heterocycles. The molecular formula is C18H25ClN4O. The Labute approximate surface area is 149 Å². The van der Waals surface area contributed by atoms with Gasteiger partial charge >= 0.3 is 0 Å². The summed E-state index contributed by atoms with van der Waals surface area (Å²) in [7, 11) is 0. The molecule has 3 rings (SSSR count). The fourth-order valence-corrected chi connectivity index (χ4v) is 3.10. The third-order valence-electron chi connectivity index (χ3n) is 4.34. The van der Waals surface area contributed by atoms with Crippen LogP contribution in [0.3, 0.4) is 0 Å². The summed E-state index contributed by atoms with van der Waals surface area (Å²) in [6, 6.07) is 10.4. The maximum atomic E-state index is 12.6. The average molecular weight is 349 g/mol. The molecule has 0 aliphatic carbocycles. The molecule has 2 aromatic rings. The lowest BCUT2D eigenvalue weighted by Gasteiger charge is -2.23. The molecule has 1 atom stereocenters. The summed E-state index contributed by atoms with van der Waals surface area (Å²) in [6.45, 7) is 4.66. The van der Waals surface area contributed by atoms with Crippen molar-refractivity contribution in [1.29, 1.82) is 0 Å². The van der Waals surface area contributed by atoms with Gasteiger partial charge in [-0.05, 0) is 31.4 Å². The number of carbonyl (C=O) groups excluding carboxylic acids is 1. The second-order valence-electron chi connectivity index (χ2n) is 6.02. The molecule has 0 unspecified atom stereocenters. The van der Waals surface area contributed by atoms with Gasteiger partial charge in [0.1, 0.15) is 0 Å². The highest BCUT2D eigenvalue weighted by Crippen LogP contribution is 2.13. The Morgan fingerprint density at radius 2 is 2.17 bits per heavy atom. The average Bonchev–Trinajstić information content (AvgIpc) is 2.99. The second-order valence-corrected chi connectivity index (χ2v) is 6.02. The lowest BCUT2D eigenvalue weighted by atomic mass is 10.1. The third kappa shape index (κ3) is 4.36. The van der Waals surface area contributed by atoms with Crippen LogP contribution in [0.5, 0.6) is 0 Å². The number of amides is 1. The van der Waals surface area contributed by atoms with E-state index >= 15 is 0 Å². The van der Waals surface area contributed by atoms with Crippen LogP contribution in [0.15, 0.2) is 36.5 Å². The Morgan fingerprint density at radius 3 is 2.83 bits per heavy atom. The molecule has 0 spiro atoms. The van der Waals surface area contributed by atoms with E-state index in [-0.39, 0.29) is 24.4 Å². The predicted molar refractivity (Wildman–Crippen MR) is 97.8 cm³/mol. The van der Waals surface area contributed by atoms with Gasteiger partial charge < -0.3 is 10.6 Å². The molecule has 2 heterocycles. The lowest BCUT2D eigenvalue weighted by molar-refractivity contribution is 0.0929. The first-order valence-electron chi connectivity index (χ1n) is 8.38. The van der Waals surface area contributed by atoms with Crippen LogP contribution >= 0.6 is 12.4 Å². The Hall–Kier alpha value is -1.85. The Morgan fingerprint density at radius 1 is 1.38 bits per heavy atom. The standard InChI is InChI=1S/C18H24N4O.ClH/c1-2-17-16(18(23)21-15-9-6-10-19-11-15)12-20-22(17)13-14-7-4-3-5-8-14;/h3-5,7-8,12,15,19H,2,6,9-11,13H2,1H3,(H,21,23);1H/t15-;/m0./s1. The van der Waals surface area contributed by atoms with Gasteiger partial charge in [0.25, 0.3) is 5.91 Å². The summed E-state index contributed by atoms with van der Waals surface area (Å²) in [5.41, 5.74) is 2.89. The van der Waals surface area contributed by atoms with E-state index in [2.05, 4.69) is 34.8 Å². The van der Waals surface area contributed by atoms with Crippen LogP contribution < -0.4 is 10.6 Å². The minimum atomic E-state index is -0.00476. The van der Waals surface area contributed by atoms with E-state index in [4.69, 9.17) is 0 Å². The van der Waals surface area contributed by atoms with E-state index in [9.17, 15) is 4.79 Å². The van der Waals surface area contributed by atoms with Gasteiger partial charge in [-0.1, -0.05) is 37.3 Å². The highest BCUT2D eigenvalue weighted by Gasteiger charge is 2.20. The molecule has 6 heteroatoms. The van der Waals surface area contributed by atoms with Crippen LogP contribution in [0.4, 0.5) is 0 Å². The fourth-order valence-electron chi connectivity index (χ4n) is 3.10. The number of hydrogen-bond acceptors (Lipinski definition) is 3. The number of nitrogens with one attached hydrogen (secondary N) is 2. The van der Waals surface area contributed by atoms with Crippen LogP contribution in [-0.2, 0) is 13.0 Å². The van der Waals surface area contributed by atoms with Crippen LogP contribution in [0.1, 0.15) is 41.4 Å². The van der Waals surface area contributed by atoms with Crippen molar-refractivity contribution >= 4 is 18.3 Å². The van der Waals surface area contributed by atoms with Gasteiger partial charge in [-0.15, -0.1) is 12.4 Å². The zero-order valence-electron chi connectivity index (χ0n) is 14.0. The molecule has 0 bridgehead atoms. The number of halogens is 1. The zero-order valence-corrected chi connectivity index (χ0v) is 14.8. The number of aromatic nitrogens is 2. The van der Waals surface area contributed by atoms with Gasteiger partial charge in [0, 0.05) is 12.6 Å². The topological polar surface area (TPSA) is 59.0 Å². The van der Waals surface area contributed by atoms with Gasteiger partial charge in [0.05, 0.1) is 24.0 Å². The van der Waals surface area contributed by atoms with E-state index in [0.29, 0.717) is 12.1 Å². The predicted octanol–water partition coefficient (Wildman–Crippen LogP) is 2.40. The summed E-state index contributed by atoms with van der Waals surface area (Å²) in [4.78, 5) is 12.6. The van der Waals surface area contributed by atoms with Crippen molar-refractivity contribution in [3.63, 3.8) is 0 Å². The van der Waals surface area contributed by atoms with Crippen molar-refractivity contribution in [2.75, 3.05) is 13.1 Å². The monoisotopic (exact) mass is 348 g/mol. The van der Waals surface area contributed by atoms with E-state index in [1.54, 1.807) is 6.20 Å². The van der Waals surface area contributed by atoms with Crippen molar-refractivity contribution in [1.82, 2.24) is 20.4 Å². The molecule has 5 nitrogen and oxygen atoms in total. The summed E-state index contributed by atoms with van der Waals surface area (Å²) in [6.07, 6.45) is 4.64. The van der Waals surface area contributed by atoms with Crippen LogP contribution in [-0.4, -0.2) is 34.8 Å². The zero-order chi connectivity index (χ0) is 16.1. The van der Waals surface area contributed by atoms with Crippen molar-refractivity contribution < 1.29 is 4.79 Å². The van der Waals surface area contributed by atoms with Crippen molar-refractivity contribution in [2.24, 2.45) is 0 Å². The van der Waals surface area contributed by atoms with E-state index in [1.165, 1.54) is 5.56 Å². The maximum Gasteiger partial charge on any atom is 0.255 e. The van der Waals surface area contributed by atoms with Gasteiger partial charge in [-0.25, -0.2) is 0 Å². The lowest BCUT2D eigenvalue weighted by Crippen LogP contribution is -2.45.